The zero-order valence-electron chi connectivity index (χ0n) is 8.40. The van der Waals surface area contributed by atoms with Crippen LogP contribution >= 0.6 is 12.6 Å². The highest BCUT2D eigenvalue weighted by molar-refractivity contribution is 7.80. The van der Waals surface area contributed by atoms with Crippen molar-refractivity contribution in [1.29, 1.82) is 0 Å². The predicted octanol–water partition coefficient (Wildman–Crippen LogP) is 1.15. The molecule has 1 aromatic heterocycles. The molecule has 14 heavy (non-hydrogen) atoms. The number of pyridine rings is 1. The van der Waals surface area contributed by atoms with Gasteiger partial charge in [-0.1, -0.05) is 0 Å². The lowest BCUT2D eigenvalue weighted by Gasteiger charge is -2.07. The number of carbonyl (C=O) groups is 1. The molecule has 76 valence electrons. The molecule has 0 spiro atoms. The van der Waals surface area contributed by atoms with Gasteiger partial charge in [-0.15, -0.1) is 0 Å². The lowest BCUT2D eigenvalue weighted by molar-refractivity contribution is 0.101. The largest absolute Gasteiger partial charge is 0.332 e. The van der Waals surface area contributed by atoms with Gasteiger partial charge in [-0.3, -0.25) is 9.79 Å². The van der Waals surface area contributed by atoms with Crippen molar-refractivity contribution in [2.24, 2.45) is 4.99 Å². The Morgan fingerprint density at radius 2 is 2.36 bits per heavy atom. The molecule has 0 aliphatic carbocycles. The number of hydrogen-bond acceptors (Lipinski definition) is 3. The number of thiol groups is 1. The highest BCUT2D eigenvalue weighted by Crippen LogP contribution is 1.94. The minimum Gasteiger partial charge on any atom is -0.332 e. The summed E-state index contributed by atoms with van der Waals surface area (Å²) in [4.78, 5) is 15.4. The maximum absolute atomic E-state index is 11.3. The molecule has 0 aliphatic heterocycles. The number of carbonyl (C=O) groups excluding carboxylic acids is 1. The Labute approximate surface area is 88.9 Å². The molecule has 0 saturated carbocycles. The van der Waals surface area contributed by atoms with E-state index in [9.17, 15) is 4.79 Å². The topological polar surface area (TPSA) is 34.4 Å². The summed E-state index contributed by atoms with van der Waals surface area (Å²) in [5, 5.41) is 0. The second-order valence-electron chi connectivity index (χ2n) is 2.94. The van der Waals surface area contributed by atoms with Crippen molar-refractivity contribution in [3.63, 3.8) is 0 Å². The van der Waals surface area contributed by atoms with Gasteiger partial charge in [0.15, 0.2) is 5.78 Å². The summed E-state index contributed by atoms with van der Waals surface area (Å²) in [6.07, 6.45) is 1.91. The third-order valence-electron chi connectivity index (χ3n) is 1.97. The molecule has 0 atom stereocenters. The summed E-state index contributed by atoms with van der Waals surface area (Å²) in [7, 11) is 1.69. The molecule has 0 N–H and O–H groups in total. The lowest BCUT2D eigenvalue weighted by Crippen LogP contribution is -2.26. The van der Waals surface area contributed by atoms with Crippen LogP contribution in [0.3, 0.4) is 0 Å². The van der Waals surface area contributed by atoms with Crippen molar-refractivity contribution in [2.75, 3.05) is 12.8 Å². The summed E-state index contributed by atoms with van der Waals surface area (Å²) in [5.41, 5.74) is 1.39. The Balaban J connectivity index is 3.34. The Kier molecular flexibility index (Phi) is 3.95. The van der Waals surface area contributed by atoms with Crippen LogP contribution in [0.2, 0.25) is 0 Å². The lowest BCUT2D eigenvalue weighted by atomic mass is 10.2. The molecule has 0 amide bonds. The normalized spacial score (nSPS) is 11.8. The fourth-order valence-corrected chi connectivity index (χ4v) is 1.57. The Morgan fingerprint density at radius 1 is 1.64 bits per heavy atom. The van der Waals surface area contributed by atoms with Crippen molar-refractivity contribution in [3.8, 4) is 0 Å². The quantitative estimate of drug-likeness (QED) is 0.589. The molecule has 0 bridgehead atoms. The molecule has 1 rings (SSSR count). The number of aromatic nitrogens is 1. The zero-order valence-corrected chi connectivity index (χ0v) is 9.29. The molecule has 3 nitrogen and oxygen atoms in total. The van der Waals surface area contributed by atoms with E-state index in [1.807, 2.05) is 16.8 Å². The molecule has 0 radical (unpaired) electrons. The Bertz CT molecular complexity index is 395. The van der Waals surface area contributed by atoms with Gasteiger partial charge in [0.25, 0.3) is 0 Å². The van der Waals surface area contributed by atoms with Crippen LogP contribution in [0.1, 0.15) is 17.3 Å². The van der Waals surface area contributed by atoms with Crippen molar-refractivity contribution in [2.45, 2.75) is 13.5 Å². The maximum atomic E-state index is 11.3. The molecular weight excluding hydrogens is 196 g/mol. The molecule has 0 fully saturated rings. The number of nitrogens with zero attached hydrogens (tertiary/aromatic N) is 2. The molecule has 0 saturated heterocycles. The third-order valence-corrected chi connectivity index (χ3v) is 2.17. The summed E-state index contributed by atoms with van der Waals surface area (Å²) in [6, 6.07) is 3.65. The van der Waals surface area contributed by atoms with Crippen LogP contribution in [0.5, 0.6) is 0 Å². The van der Waals surface area contributed by atoms with E-state index in [0.717, 1.165) is 17.8 Å². The average Bonchev–Trinajstić information content (AvgIpc) is 2.18. The predicted molar refractivity (Wildman–Crippen MR) is 59.8 cm³/mol. The van der Waals surface area contributed by atoms with Gasteiger partial charge in [-0.05, 0) is 19.1 Å². The summed E-state index contributed by atoms with van der Waals surface area (Å²) in [6.45, 7) is 2.31. The van der Waals surface area contributed by atoms with Crippen molar-refractivity contribution in [1.82, 2.24) is 4.57 Å². The first-order valence-electron chi connectivity index (χ1n) is 4.44. The van der Waals surface area contributed by atoms with Gasteiger partial charge < -0.3 is 4.57 Å². The first kappa shape index (κ1) is 11.0. The number of rotatable bonds is 3. The summed E-state index contributed by atoms with van der Waals surface area (Å²) < 4.78 is 1.93. The first-order chi connectivity index (χ1) is 6.70. The van der Waals surface area contributed by atoms with E-state index in [1.165, 1.54) is 0 Å². The second-order valence-corrected chi connectivity index (χ2v) is 3.39. The SMILES string of the molecule is C/N=c1/c(C(C)=O)cccn1CCS. The van der Waals surface area contributed by atoms with Crippen LogP contribution in [0, 0.1) is 0 Å². The van der Waals surface area contributed by atoms with Gasteiger partial charge >= 0.3 is 0 Å². The van der Waals surface area contributed by atoms with E-state index in [0.29, 0.717) is 5.56 Å². The van der Waals surface area contributed by atoms with Crippen LogP contribution in [0.4, 0.5) is 0 Å². The minimum atomic E-state index is 0.0408. The average molecular weight is 210 g/mol. The van der Waals surface area contributed by atoms with Crippen molar-refractivity contribution < 1.29 is 4.79 Å². The number of hydrogen-bond donors (Lipinski definition) is 1. The van der Waals surface area contributed by atoms with Gasteiger partial charge in [0, 0.05) is 25.5 Å². The fourth-order valence-electron chi connectivity index (χ4n) is 1.35. The number of ketones is 1. The molecule has 0 aromatic carbocycles. The monoisotopic (exact) mass is 210 g/mol. The van der Waals surface area contributed by atoms with Crippen LogP contribution < -0.4 is 5.49 Å². The molecule has 1 heterocycles. The summed E-state index contributed by atoms with van der Waals surface area (Å²) in [5.74, 6) is 0.772. The van der Waals surface area contributed by atoms with Gasteiger partial charge in [0.05, 0.1) is 5.56 Å². The van der Waals surface area contributed by atoms with Gasteiger partial charge in [0.2, 0.25) is 0 Å². The van der Waals surface area contributed by atoms with Crippen LogP contribution in [-0.4, -0.2) is 23.2 Å². The summed E-state index contributed by atoms with van der Waals surface area (Å²) >= 11 is 4.16. The third kappa shape index (κ3) is 2.26. The van der Waals surface area contributed by atoms with E-state index in [2.05, 4.69) is 17.6 Å². The molecule has 0 aliphatic rings. The smallest absolute Gasteiger partial charge is 0.163 e. The van der Waals surface area contributed by atoms with E-state index >= 15 is 0 Å². The molecule has 0 unspecified atom stereocenters. The molecule has 1 aromatic rings. The van der Waals surface area contributed by atoms with Crippen LogP contribution in [0.15, 0.2) is 23.3 Å². The first-order valence-corrected chi connectivity index (χ1v) is 5.08. The Hall–Kier alpha value is -1.03. The van der Waals surface area contributed by atoms with Crippen molar-refractivity contribution in [3.05, 3.63) is 29.4 Å². The Morgan fingerprint density at radius 3 is 2.86 bits per heavy atom. The van der Waals surface area contributed by atoms with E-state index in [-0.39, 0.29) is 5.78 Å². The zero-order chi connectivity index (χ0) is 10.6. The maximum Gasteiger partial charge on any atom is 0.163 e. The highest BCUT2D eigenvalue weighted by atomic mass is 32.1. The van der Waals surface area contributed by atoms with Gasteiger partial charge in [0.1, 0.15) is 5.49 Å². The highest BCUT2D eigenvalue weighted by Gasteiger charge is 2.04. The molecular formula is C10H14N2OS. The van der Waals surface area contributed by atoms with Crippen LogP contribution in [-0.2, 0) is 6.54 Å². The molecule has 4 heteroatoms. The number of aryl methyl sites for hydroxylation is 1. The van der Waals surface area contributed by atoms with E-state index < -0.39 is 0 Å². The van der Waals surface area contributed by atoms with E-state index in [1.54, 1.807) is 20.0 Å². The minimum absolute atomic E-state index is 0.0408. The fraction of sp³-hybridized carbons (Fsp3) is 0.400. The van der Waals surface area contributed by atoms with Gasteiger partial charge in [-0.25, -0.2) is 0 Å². The van der Waals surface area contributed by atoms with Gasteiger partial charge in [-0.2, -0.15) is 12.6 Å². The second kappa shape index (κ2) is 5.00. The standard InChI is InChI=1S/C10H14N2OS/c1-8(13)9-4-3-5-12(6-7-14)10(9)11-2/h3-5,14H,6-7H2,1-2H3/b11-10-. The van der Waals surface area contributed by atoms with Crippen molar-refractivity contribution >= 4 is 18.4 Å². The van der Waals surface area contributed by atoms with Crippen LogP contribution in [0.25, 0.3) is 0 Å². The van der Waals surface area contributed by atoms with E-state index in [4.69, 9.17) is 0 Å². The number of Topliss-reactive ketones (excluding diaryl/α,β-unsaturated/α-hetero) is 1.